The van der Waals surface area contributed by atoms with Crippen LogP contribution in [-0.4, -0.2) is 38.4 Å². The zero-order valence-corrected chi connectivity index (χ0v) is 19.6. The molecule has 4 aromatic rings. The van der Waals surface area contributed by atoms with Gasteiger partial charge < -0.3 is 20.7 Å². The van der Waals surface area contributed by atoms with E-state index < -0.39 is 0 Å². The van der Waals surface area contributed by atoms with E-state index in [9.17, 15) is 14.7 Å². The molecule has 7 nitrogen and oxygen atoms in total. The van der Waals surface area contributed by atoms with Gasteiger partial charge in [0.05, 0.1) is 28.6 Å². The number of rotatable bonds is 9. The number of thioether (sulfide) groups is 1. The molecule has 0 aliphatic carbocycles. The van der Waals surface area contributed by atoms with Crippen LogP contribution in [0.5, 0.6) is 5.75 Å². The number of phenolic OH excluding ortho intramolecular Hbond substituents is 1. The van der Waals surface area contributed by atoms with Gasteiger partial charge in [-0.1, -0.05) is 36.4 Å². The number of nitrogens with one attached hydrogen (secondary N) is 3. The number of nitrogens with zero attached hydrogens (tertiary/aromatic N) is 1. The Kier molecular flexibility index (Phi) is 7.49. The molecule has 34 heavy (non-hydrogen) atoms. The van der Waals surface area contributed by atoms with E-state index in [1.54, 1.807) is 12.1 Å². The molecule has 1 unspecified atom stereocenters. The van der Waals surface area contributed by atoms with Gasteiger partial charge in [0.1, 0.15) is 11.6 Å². The molecular formula is C26H26N4O3S. The Morgan fingerprint density at radius 1 is 1.00 bits per heavy atom. The van der Waals surface area contributed by atoms with Crippen LogP contribution in [0.2, 0.25) is 0 Å². The first-order valence-electron chi connectivity index (χ1n) is 10.9. The van der Waals surface area contributed by atoms with Crippen molar-refractivity contribution in [3.05, 3.63) is 89.7 Å². The van der Waals surface area contributed by atoms with Crippen LogP contribution < -0.4 is 10.6 Å². The standard InChI is InChI=1S/C26H26N4O3S/c1-17-5-4-6-19(13-17)27-24(32)15-34-16-25(33)28-23(14-18-9-11-20(31)12-10-18)26-29-21-7-2-3-8-22(21)30-26/h2-13,23,31H,14-16H2,1H3,(H,27,32)(H,28,33)(H,29,30). The number of imidazole rings is 1. The second kappa shape index (κ2) is 10.9. The lowest BCUT2D eigenvalue weighted by Crippen LogP contribution is -2.32. The summed E-state index contributed by atoms with van der Waals surface area (Å²) in [5.41, 5.74) is 4.48. The summed E-state index contributed by atoms with van der Waals surface area (Å²) < 4.78 is 0. The minimum atomic E-state index is -0.383. The molecule has 0 saturated heterocycles. The van der Waals surface area contributed by atoms with Gasteiger partial charge >= 0.3 is 0 Å². The molecule has 1 heterocycles. The van der Waals surface area contributed by atoms with Crippen LogP contribution in [0, 0.1) is 6.92 Å². The van der Waals surface area contributed by atoms with Crippen molar-refractivity contribution < 1.29 is 14.7 Å². The predicted molar refractivity (Wildman–Crippen MR) is 136 cm³/mol. The first-order chi connectivity index (χ1) is 16.5. The number of aryl methyl sites for hydroxylation is 1. The number of aromatic hydroxyl groups is 1. The highest BCUT2D eigenvalue weighted by atomic mass is 32.2. The van der Waals surface area contributed by atoms with Crippen LogP contribution in [-0.2, 0) is 16.0 Å². The van der Waals surface area contributed by atoms with Gasteiger partial charge in [0, 0.05) is 5.69 Å². The van der Waals surface area contributed by atoms with Crippen LogP contribution in [0.3, 0.4) is 0 Å². The van der Waals surface area contributed by atoms with Gasteiger partial charge in [-0.2, -0.15) is 0 Å². The fourth-order valence-electron chi connectivity index (χ4n) is 3.61. The topological polar surface area (TPSA) is 107 Å². The molecule has 3 aromatic carbocycles. The summed E-state index contributed by atoms with van der Waals surface area (Å²) in [6.45, 7) is 1.96. The summed E-state index contributed by atoms with van der Waals surface area (Å²) in [5.74, 6) is 0.833. The van der Waals surface area contributed by atoms with E-state index >= 15 is 0 Å². The highest BCUT2D eigenvalue weighted by Gasteiger charge is 2.19. The Bertz CT molecular complexity index is 1250. The van der Waals surface area contributed by atoms with Crippen molar-refractivity contribution in [2.75, 3.05) is 16.8 Å². The highest BCUT2D eigenvalue weighted by Crippen LogP contribution is 2.21. The number of carbonyl (C=O) groups is 2. The Hall–Kier alpha value is -3.78. The van der Waals surface area contributed by atoms with Crippen LogP contribution >= 0.6 is 11.8 Å². The van der Waals surface area contributed by atoms with E-state index in [1.807, 2.05) is 67.6 Å². The zero-order chi connectivity index (χ0) is 23.9. The van der Waals surface area contributed by atoms with Crippen LogP contribution in [0.25, 0.3) is 11.0 Å². The van der Waals surface area contributed by atoms with Gasteiger partial charge in [0.25, 0.3) is 0 Å². The molecule has 4 N–H and O–H groups in total. The number of carbonyl (C=O) groups excluding carboxylic acids is 2. The van der Waals surface area contributed by atoms with Crippen molar-refractivity contribution in [1.82, 2.24) is 15.3 Å². The maximum Gasteiger partial charge on any atom is 0.234 e. The number of anilines is 1. The molecule has 0 aliphatic heterocycles. The number of hydrogen-bond donors (Lipinski definition) is 4. The van der Waals surface area contributed by atoms with E-state index in [2.05, 4.69) is 20.6 Å². The smallest absolute Gasteiger partial charge is 0.234 e. The first kappa shape index (κ1) is 23.4. The number of aromatic nitrogens is 2. The van der Waals surface area contributed by atoms with Crippen molar-refractivity contribution in [2.24, 2.45) is 0 Å². The molecule has 0 spiro atoms. The Balaban J connectivity index is 1.37. The quantitative estimate of drug-likeness (QED) is 0.289. The number of hydrogen-bond acceptors (Lipinski definition) is 5. The first-order valence-corrected chi connectivity index (χ1v) is 12.1. The molecule has 0 bridgehead atoms. The minimum Gasteiger partial charge on any atom is -0.508 e. The maximum absolute atomic E-state index is 12.7. The number of benzene rings is 3. The van der Waals surface area contributed by atoms with Gasteiger partial charge in [-0.3, -0.25) is 9.59 Å². The summed E-state index contributed by atoms with van der Waals surface area (Å²) in [4.78, 5) is 32.9. The SMILES string of the molecule is Cc1cccc(NC(=O)CSCC(=O)NC(Cc2ccc(O)cc2)c2nc3ccccc3[nH]2)c1. The van der Waals surface area contributed by atoms with Gasteiger partial charge in [0.15, 0.2) is 0 Å². The lowest BCUT2D eigenvalue weighted by molar-refractivity contribution is -0.119. The van der Waals surface area contributed by atoms with Gasteiger partial charge in [-0.05, 0) is 60.9 Å². The minimum absolute atomic E-state index is 0.146. The van der Waals surface area contributed by atoms with Gasteiger partial charge in [0.2, 0.25) is 11.8 Å². The van der Waals surface area contributed by atoms with Crippen molar-refractivity contribution in [1.29, 1.82) is 0 Å². The van der Waals surface area contributed by atoms with E-state index in [4.69, 9.17) is 0 Å². The molecule has 1 atom stereocenters. The molecule has 8 heteroatoms. The molecule has 0 saturated carbocycles. The van der Waals surface area contributed by atoms with Crippen LogP contribution in [0.4, 0.5) is 5.69 Å². The summed E-state index contributed by atoms with van der Waals surface area (Å²) in [6.07, 6.45) is 0.504. The van der Waals surface area contributed by atoms with Crippen LogP contribution in [0.1, 0.15) is 23.0 Å². The summed E-state index contributed by atoms with van der Waals surface area (Å²) in [5, 5.41) is 15.5. The third kappa shape index (κ3) is 6.39. The van der Waals surface area contributed by atoms with Crippen molar-refractivity contribution in [3.63, 3.8) is 0 Å². The fourth-order valence-corrected chi connectivity index (χ4v) is 4.24. The second-order valence-corrected chi connectivity index (χ2v) is 9.03. The van der Waals surface area contributed by atoms with Gasteiger partial charge in [-0.15, -0.1) is 11.8 Å². The molecule has 1 aromatic heterocycles. The highest BCUT2D eigenvalue weighted by molar-refractivity contribution is 8.00. The molecule has 4 rings (SSSR count). The average molecular weight is 475 g/mol. The number of aromatic amines is 1. The lowest BCUT2D eigenvalue weighted by atomic mass is 10.1. The monoisotopic (exact) mass is 474 g/mol. The number of H-pyrrole nitrogens is 1. The largest absolute Gasteiger partial charge is 0.508 e. The normalized spacial score (nSPS) is 11.8. The molecule has 0 fully saturated rings. The lowest BCUT2D eigenvalue weighted by Gasteiger charge is -2.17. The Morgan fingerprint density at radius 3 is 2.53 bits per heavy atom. The van der Waals surface area contributed by atoms with E-state index in [-0.39, 0.29) is 35.1 Å². The number of amides is 2. The van der Waals surface area contributed by atoms with Crippen molar-refractivity contribution >= 4 is 40.3 Å². The molecule has 174 valence electrons. The number of para-hydroxylation sites is 2. The zero-order valence-electron chi connectivity index (χ0n) is 18.7. The third-order valence-corrected chi connectivity index (χ3v) is 6.15. The predicted octanol–water partition coefficient (Wildman–Crippen LogP) is 4.35. The fraction of sp³-hybridized carbons (Fsp3) is 0.192. The van der Waals surface area contributed by atoms with E-state index in [0.717, 1.165) is 27.8 Å². The molecular weight excluding hydrogens is 448 g/mol. The summed E-state index contributed by atoms with van der Waals surface area (Å²) >= 11 is 1.26. The third-order valence-electron chi connectivity index (χ3n) is 5.22. The molecule has 0 radical (unpaired) electrons. The second-order valence-electron chi connectivity index (χ2n) is 8.04. The van der Waals surface area contributed by atoms with Crippen molar-refractivity contribution in [2.45, 2.75) is 19.4 Å². The summed E-state index contributed by atoms with van der Waals surface area (Å²) in [6, 6.07) is 21.8. The van der Waals surface area contributed by atoms with Crippen molar-refractivity contribution in [3.8, 4) is 5.75 Å². The number of fused-ring (bicyclic) bond motifs is 1. The molecule has 2 amide bonds. The molecule has 0 aliphatic rings. The van der Waals surface area contributed by atoms with E-state index in [1.165, 1.54) is 11.8 Å². The maximum atomic E-state index is 12.7. The van der Waals surface area contributed by atoms with Crippen LogP contribution in [0.15, 0.2) is 72.8 Å². The Morgan fingerprint density at radius 2 is 1.76 bits per heavy atom. The van der Waals surface area contributed by atoms with E-state index in [0.29, 0.717) is 12.2 Å². The number of phenols is 1. The average Bonchev–Trinajstić information content (AvgIpc) is 3.24. The Labute approximate surface area is 202 Å². The summed E-state index contributed by atoms with van der Waals surface area (Å²) in [7, 11) is 0. The van der Waals surface area contributed by atoms with Gasteiger partial charge in [-0.25, -0.2) is 4.98 Å².